The van der Waals surface area contributed by atoms with Crippen molar-refractivity contribution in [2.75, 3.05) is 19.6 Å². The molecule has 0 radical (unpaired) electrons. The van der Waals surface area contributed by atoms with Crippen LogP contribution in [0.5, 0.6) is 5.75 Å². The molecule has 0 spiro atoms. The summed E-state index contributed by atoms with van der Waals surface area (Å²) in [5.74, 6) is 1.33. The molecule has 0 bridgehead atoms. The Morgan fingerprint density at radius 2 is 1.66 bits per heavy atom. The summed E-state index contributed by atoms with van der Waals surface area (Å²) in [6, 6.07) is 18.4. The second kappa shape index (κ2) is 8.66. The van der Waals surface area contributed by atoms with Crippen LogP contribution in [0.2, 0.25) is 0 Å². The minimum absolute atomic E-state index is 0.00163. The number of alkyl halides is 3. The smallest absolute Gasteiger partial charge is 0.416 e. The molecule has 0 N–H and O–H groups in total. The molecule has 5 rings (SSSR count). The molecule has 1 atom stereocenters. The number of rotatable bonds is 4. The van der Waals surface area contributed by atoms with Crippen molar-refractivity contribution in [3.8, 4) is 5.75 Å². The van der Waals surface area contributed by atoms with Gasteiger partial charge in [-0.05, 0) is 62.2 Å². The second-order valence-electron chi connectivity index (χ2n) is 8.79. The van der Waals surface area contributed by atoms with Crippen LogP contribution in [0, 0.1) is 5.92 Å². The molecule has 2 aromatic carbocycles. The molecule has 32 heavy (non-hydrogen) atoms. The van der Waals surface area contributed by atoms with Crippen LogP contribution in [0.25, 0.3) is 0 Å². The molecule has 1 aromatic heterocycles. The molecule has 2 aliphatic heterocycles. The Bertz CT molecular complexity index is 1070. The summed E-state index contributed by atoms with van der Waals surface area (Å²) in [4.78, 5) is 2.29. The molecule has 1 fully saturated rings. The highest BCUT2D eigenvalue weighted by molar-refractivity contribution is 5.36. The van der Waals surface area contributed by atoms with Gasteiger partial charge in [0.2, 0.25) is 0 Å². The van der Waals surface area contributed by atoms with Gasteiger partial charge in [0.1, 0.15) is 11.9 Å². The van der Waals surface area contributed by atoms with Gasteiger partial charge in [0, 0.05) is 24.2 Å². The minimum atomic E-state index is -4.30. The zero-order valence-corrected chi connectivity index (χ0v) is 17.9. The van der Waals surface area contributed by atoms with Gasteiger partial charge in [-0.3, -0.25) is 0 Å². The van der Waals surface area contributed by atoms with E-state index >= 15 is 0 Å². The fourth-order valence-electron chi connectivity index (χ4n) is 5.07. The summed E-state index contributed by atoms with van der Waals surface area (Å²) >= 11 is 0. The first-order valence-electron chi connectivity index (χ1n) is 11.3. The highest BCUT2D eigenvalue weighted by atomic mass is 19.4. The third kappa shape index (κ3) is 4.29. The number of aromatic nitrogens is 1. The van der Waals surface area contributed by atoms with E-state index in [1.54, 1.807) is 12.1 Å². The molecular formula is C26H27F3N2O. The van der Waals surface area contributed by atoms with Crippen LogP contribution in [0.15, 0.2) is 66.9 Å². The Hall–Kier alpha value is -2.73. The van der Waals surface area contributed by atoms with Gasteiger partial charge in [-0.2, -0.15) is 13.2 Å². The third-order valence-electron chi connectivity index (χ3n) is 6.80. The van der Waals surface area contributed by atoms with Crippen LogP contribution < -0.4 is 4.74 Å². The number of fused-ring (bicyclic) bond motifs is 2. The first-order chi connectivity index (χ1) is 15.5. The fourth-order valence-corrected chi connectivity index (χ4v) is 5.07. The quantitative estimate of drug-likeness (QED) is 0.499. The monoisotopic (exact) mass is 440 g/mol. The zero-order valence-electron chi connectivity index (χ0n) is 17.9. The lowest BCUT2D eigenvalue weighted by molar-refractivity contribution is -0.138. The number of hydrogen-bond acceptors (Lipinski definition) is 2. The van der Waals surface area contributed by atoms with E-state index < -0.39 is 11.7 Å². The Morgan fingerprint density at radius 1 is 0.906 bits per heavy atom. The first-order valence-corrected chi connectivity index (χ1v) is 11.3. The van der Waals surface area contributed by atoms with Crippen LogP contribution >= 0.6 is 0 Å². The zero-order chi connectivity index (χ0) is 22.1. The molecular weight excluding hydrogens is 413 g/mol. The van der Waals surface area contributed by atoms with Crippen molar-refractivity contribution in [1.29, 1.82) is 0 Å². The van der Waals surface area contributed by atoms with E-state index in [9.17, 15) is 13.2 Å². The lowest BCUT2D eigenvalue weighted by Crippen LogP contribution is -2.38. The molecule has 1 unspecified atom stereocenters. The highest BCUT2D eigenvalue weighted by Gasteiger charge is 2.34. The third-order valence-corrected chi connectivity index (χ3v) is 6.80. The molecule has 2 aliphatic rings. The molecule has 0 aliphatic carbocycles. The molecule has 3 aromatic rings. The van der Waals surface area contributed by atoms with E-state index in [0.717, 1.165) is 38.2 Å². The number of piperidine rings is 1. The number of benzene rings is 2. The van der Waals surface area contributed by atoms with Gasteiger partial charge in [-0.25, -0.2) is 0 Å². The Labute approximate surface area is 186 Å². The lowest BCUT2D eigenvalue weighted by Gasteiger charge is -2.36. The van der Waals surface area contributed by atoms with Gasteiger partial charge in [0.05, 0.1) is 17.8 Å². The van der Waals surface area contributed by atoms with Gasteiger partial charge >= 0.3 is 6.18 Å². The average molecular weight is 441 g/mol. The van der Waals surface area contributed by atoms with Crippen LogP contribution in [-0.4, -0.2) is 29.1 Å². The van der Waals surface area contributed by atoms with E-state index in [2.05, 4.69) is 33.9 Å². The molecule has 0 amide bonds. The first kappa shape index (κ1) is 21.1. The topological polar surface area (TPSA) is 17.4 Å². The molecule has 6 heteroatoms. The molecule has 168 valence electrons. The van der Waals surface area contributed by atoms with Gasteiger partial charge in [0.25, 0.3) is 0 Å². The van der Waals surface area contributed by atoms with Gasteiger partial charge in [-0.15, -0.1) is 0 Å². The normalized spacial score (nSPS) is 19.7. The number of hydrogen-bond donors (Lipinski definition) is 0. The summed E-state index contributed by atoms with van der Waals surface area (Å²) < 4.78 is 48.6. The fraction of sp³-hybridized carbons (Fsp3) is 0.385. The van der Waals surface area contributed by atoms with Crippen molar-refractivity contribution in [2.24, 2.45) is 5.92 Å². The Kier molecular flexibility index (Phi) is 5.72. The summed E-state index contributed by atoms with van der Waals surface area (Å²) in [5.41, 5.74) is 2.26. The van der Waals surface area contributed by atoms with Crippen molar-refractivity contribution in [3.63, 3.8) is 0 Å². The highest BCUT2D eigenvalue weighted by Crippen LogP contribution is 2.39. The van der Waals surface area contributed by atoms with Crippen LogP contribution in [-0.2, 0) is 19.1 Å². The Balaban J connectivity index is 1.24. The van der Waals surface area contributed by atoms with E-state index in [1.807, 2.05) is 18.2 Å². The van der Waals surface area contributed by atoms with Crippen molar-refractivity contribution in [2.45, 2.75) is 38.1 Å². The van der Waals surface area contributed by atoms with E-state index in [1.165, 1.54) is 23.4 Å². The van der Waals surface area contributed by atoms with Gasteiger partial charge in [0.15, 0.2) is 0 Å². The van der Waals surface area contributed by atoms with Crippen molar-refractivity contribution in [3.05, 3.63) is 89.2 Å². The predicted octanol–water partition coefficient (Wildman–Crippen LogP) is 5.94. The van der Waals surface area contributed by atoms with Crippen molar-refractivity contribution >= 4 is 0 Å². The molecule has 3 nitrogen and oxygen atoms in total. The van der Waals surface area contributed by atoms with Crippen molar-refractivity contribution < 1.29 is 17.9 Å². The summed E-state index contributed by atoms with van der Waals surface area (Å²) in [5, 5.41) is 0. The summed E-state index contributed by atoms with van der Waals surface area (Å²) in [6.07, 6.45) is 0.169. The van der Waals surface area contributed by atoms with Crippen LogP contribution in [0.4, 0.5) is 13.2 Å². The largest absolute Gasteiger partial charge is 0.484 e. The number of halogens is 3. The predicted molar refractivity (Wildman–Crippen MR) is 118 cm³/mol. The van der Waals surface area contributed by atoms with Crippen molar-refractivity contribution in [1.82, 2.24) is 9.47 Å². The van der Waals surface area contributed by atoms with Gasteiger partial charge in [-0.1, -0.05) is 36.4 Å². The Morgan fingerprint density at radius 3 is 2.47 bits per heavy atom. The summed E-state index contributed by atoms with van der Waals surface area (Å²) in [7, 11) is 0. The lowest BCUT2D eigenvalue weighted by atomic mass is 9.89. The van der Waals surface area contributed by atoms with E-state index in [-0.39, 0.29) is 6.10 Å². The maximum atomic E-state index is 13.3. The number of likely N-dealkylation sites (tertiary alicyclic amines) is 1. The number of para-hydroxylation sites is 1. The maximum Gasteiger partial charge on any atom is 0.416 e. The second-order valence-corrected chi connectivity index (χ2v) is 8.79. The molecule has 3 heterocycles. The molecule has 1 saturated heterocycles. The van der Waals surface area contributed by atoms with Crippen LogP contribution in [0.1, 0.15) is 41.3 Å². The van der Waals surface area contributed by atoms with E-state index in [4.69, 9.17) is 4.74 Å². The molecule has 0 saturated carbocycles. The van der Waals surface area contributed by atoms with E-state index in [0.29, 0.717) is 24.4 Å². The summed E-state index contributed by atoms with van der Waals surface area (Å²) in [6.45, 7) is 3.21. The maximum absolute atomic E-state index is 13.3. The average Bonchev–Trinajstić information content (AvgIpc) is 3.18. The van der Waals surface area contributed by atoms with Gasteiger partial charge < -0.3 is 14.2 Å². The SMILES string of the molecule is FC(F)(F)c1ccccc1CCN1CCC(C2Oc3ccccc3Cn3cccc32)CC1. The number of ether oxygens (including phenoxy) is 1. The number of nitrogens with zero attached hydrogens (tertiary/aromatic N) is 2. The standard InChI is InChI=1S/C26H27F3N2O/c27-26(28,29)22-8-3-1-6-19(22)11-15-30-16-12-20(13-17-30)25-23-9-5-14-31(23)18-21-7-2-4-10-24(21)32-25/h1-10,14,20,25H,11-13,15-18H2. The van der Waals surface area contributed by atoms with Crippen LogP contribution in [0.3, 0.4) is 0 Å². The minimum Gasteiger partial charge on any atom is -0.484 e.